The second kappa shape index (κ2) is 11.5. The lowest BCUT2D eigenvalue weighted by atomic mass is 10.1. The molecule has 0 aliphatic heterocycles. The highest BCUT2D eigenvalue weighted by Crippen LogP contribution is 2.28. The fourth-order valence-corrected chi connectivity index (χ4v) is 2.19. The van der Waals surface area contributed by atoms with Crippen LogP contribution in [0, 0.1) is 0 Å². The first-order valence-electron chi connectivity index (χ1n) is 8.97. The fraction of sp³-hybridized carbons (Fsp3) is 0.227. The third-order valence-corrected chi connectivity index (χ3v) is 3.60. The van der Waals surface area contributed by atoms with Gasteiger partial charge in [0, 0.05) is 5.56 Å². The number of hydrogen-bond acceptors (Lipinski definition) is 2. The monoisotopic (exact) mass is 404 g/mol. The topological polar surface area (TPSA) is 75.7 Å². The molecule has 0 spiro atoms. The number of carbonyl (C=O) groups is 1. The number of benzene rings is 1. The van der Waals surface area contributed by atoms with Gasteiger partial charge in [-0.25, -0.2) is 4.79 Å². The van der Waals surface area contributed by atoms with Gasteiger partial charge in [0.05, 0.1) is 17.7 Å². The Morgan fingerprint density at radius 1 is 1.17 bits per heavy atom. The van der Waals surface area contributed by atoms with Gasteiger partial charge in [-0.2, -0.15) is 13.2 Å². The number of carboxylic acids is 1. The van der Waals surface area contributed by atoms with Crippen LogP contribution >= 0.6 is 0 Å². The number of hydrogen-bond donors (Lipinski definition) is 2. The number of amidine groups is 1. The molecule has 0 saturated heterocycles. The molecule has 154 valence electrons. The summed E-state index contributed by atoms with van der Waals surface area (Å²) in [5.74, 6) is -0.784. The average Bonchev–Trinajstić information content (AvgIpc) is 2.95. The van der Waals surface area contributed by atoms with Gasteiger partial charge in [-0.15, -0.1) is 5.73 Å². The number of allylic oxidation sites excluding steroid dienone is 6. The third kappa shape index (κ3) is 8.07. The molecule has 0 fully saturated rings. The minimum absolute atomic E-state index is 0.150. The molecule has 0 radical (unpaired) electrons. The van der Waals surface area contributed by atoms with Gasteiger partial charge in [0.1, 0.15) is 5.84 Å². The summed E-state index contributed by atoms with van der Waals surface area (Å²) in [4.78, 5) is 14.9. The molecule has 0 saturated carbocycles. The molecule has 2 rings (SSSR count). The second-order valence-electron chi connectivity index (χ2n) is 5.58. The zero-order valence-corrected chi connectivity index (χ0v) is 16.2. The van der Waals surface area contributed by atoms with E-state index in [1.165, 1.54) is 24.3 Å². The van der Waals surface area contributed by atoms with Crippen LogP contribution in [0.1, 0.15) is 36.2 Å². The van der Waals surface area contributed by atoms with Gasteiger partial charge in [-0.05, 0) is 42.4 Å². The molecular weight excluding hydrogens is 381 g/mol. The van der Waals surface area contributed by atoms with E-state index >= 15 is 0 Å². The molecule has 29 heavy (non-hydrogen) atoms. The van der Waals surface area contributed by atoms with E-state index in [4.69, 9.17) is 10.8 Å². The molecule has 4 nitrogen and oxygen atoms in total. The van der Waals surface area contributed by atoms with E-state index in [1.54, 1.807) is 24.3 Å². The van der Waals surface area contributed by atoms with Gasteiger partial charge in [0.25, 0.3) is 0 Å². The number of alkyl halides is 3. The first-order chi connectivity index (χ1) is 13.8. The summed E-state index contributed by atoms with van der Waals surface area (Å²) in [6, 6.07) is 5.98. The van der Waals surface area contributed by atoms with Crippen LogP contribution in [-0.2, 0) is 0 Å². The maximum absolute atomic E-state index is 12.8. The van der Waals surface area contributed by atoms with E-state index in [1.807, 2.05) is 13.8 Å². The van der Waals surface area contributed by atoms with Crippen molar-refractivity contribution in [3.8, 4) is 0 Å². The van der Waals surface area contributed by atoms with Crippen molar-refractivity contribution in [3.05, 3.63) is 88.7 Å². The molecule has 1 aromatic carbocycles. The first-order valence-corrected chi connectivity index (χ1v) is 8.97. The van der Waals surface area contributed by atoms with E-state index < -0.39 is 17.7 Å². The van der Waals surface area contributed by atoms with Crippen LogP contribution in [0.5, 0.6) is 0 Å². The van der Waals surface area contributed by atoms with Gasteiger partial charge in [-0.3, -0.25) is 4.99 Å². The Balaban J connectivity index is 0.00000204. The molecule has 1 aromatic rings. The number of aliphatic imine (C=N–C) groups is 1. The summed E-state index contributed by atoms with van der Waals surface area (Å²) in [5, 5.41) is 8.85. The van der Waals surface area contributed by atoms with Crippen LogP contribution in [-0.4, -0.2) is 29.6 Å². The van der Waals surface area contributed by atoms with E-state index in [0.717, 1.165) is 12.2 Å². The summed E-state index contributed by atoms with van der Waals surface area (Å²) in [6.45, 7) is 4.25. The SMILES string of the molecule is CC.NC(=NC/C=C\CC1=C=CC=CC(C(F)(F)F)=C1)c1ccc(C(=O)O)cc1. The molecule has 0 bridgehead atoms. The fourth-order valence-electron chi connectivity index (χ4n) is 2.19. The third-order valence-electron chi connectivity index (χ3n) is 3.60. The zero-order chi connectivity index (χ0) is 21.9. The number of carboxylic acid groups (broad SMARTS) is 1. The first kappa shape index (κ1) is 23.7. The van der Waals surface area contributed by atoms with Crippen molar-refractivity contribution in [1.82, 2.24) is 0 Å². The molecule has 0 aromatic heterocycles. The van der Waals surface area contributed by atoms with Crippen molar-refractivity contribution in [2.24, 2.45) is 10.7 Å². The molecule has 1 aliphatic rings. The van der Waals surface area contributed by atoms with Crippen molar-refractivity contribution in [2.75, 3.05) is 6.54 Å². The van der Waals surface area contributed by atoms with Crippen LogP contribution in [0.3, 0.4) is 0 Å². The van der Waals surface area contributed by atoms with Gasteiger partial charge in [0.15, 0.2) is 0 Å². The molecule has 7 heteroatoms. The molecule has 0 unspecified atom stereocenters. The molecular formula is C22H23F3N2O2. The lowest BCUT2D eigenvalue weighted by molar-refractivity contribution is -0.0882. The predicted octanol–water partition coefficient (Wildman–Crippen LogP) is 5.20. The van der Waals surface area contributed by atoms with Gasteiger partial charge >= 0.3 is 12.1 Å². The average molecular weight is 404 g/mol. The van der Waals surface area contributed by atoms with E-state index in [0.29, 0.717) is 11.1 Å². The van der Waals surface area contributed by atoms with Gasteiger partial charge < -0.3 is 10.8 Å². The molecule has 1 aliphatic carbocycles. The van der Waals surface area contributed by atoms with E-state index in [9.17, 15) is 18.0 Å². The highest BCUT2D eigenvalue weighted by atomic mass is 19.4. The van der Waals surface area contributed by atoms with Crippen LogP contribution in [0.2, 0.25) is 0 Å². The number of rotatable bonds is 6. The Morgan fingerprint density at radius 3 is 2.38 bits per heavy atom. The number of nitrogens with zero attached hydrogens (tertiary/aromatic N) is 1. The van der Waals surface area contributed by atoms with Crippen LogP contribution in [0.25, 0.3) is 0 Å². The van der Waals surface area contributed by atoms with Crippen molar-refractivity contribution >= 4 is 11.8 Å². The maximum Gasteiger partial charge on any atom is 0.416 e. The molecule has 0 amide bonds. The van der Waals surface area contributed by atoms with Crippen LogP contribution < -0.4 is 5.73 Å². The smallest absolute Gasteiger partial charge is 0.416 e. The highest BCUT2D eigenvalue weighted by Gasteiger charge is 2.31. The molecule has 0 atom stereocenters. The minimum atomic E-state index is -4.40. The van der Waals surface area contributed by atoms with Crippen molar-refractivity contribution in [1.29, 1.82) is 0 Å². The summed E-state index contributed by atoms with van der Waals surface area (Å²) in [6.07, 6.45) is 4.06. The lowest BCUT2D eigenvalue weighted by Gasteiger charge is -2.06. The number of nitrogens with two attached hydrogens (primary N) is 1. The summed E-state index contributed by atoms with van der Waals surface area (Å²) >= 11 is 0. The summed E-state index contributed by atoms with van der Waals surface area (Å²) < 4.78 is 38.4. The zero-order valence-electron chi connectivity index (χ0n) is 16.2. The van der Waals surface area contributed by atoms with Crippen molar-refractivity contribution < 1.29 is 23.1 Å². The Kier molecular flexibility index (Phi) is 9.42. The van der Waals surface area contributed by atoms with Crippen LogP contribution in [0.15, 0.2) is 82.6 Å². The summed E-state index contributed by atoms with van der Waals surface area (Å²) in [5.41, 5.74) is 9.05. The predicted molar refractivity (Wildman–Crippen MR) is 109 cm³/mol. The number of aromatic carboxylic acids is 1. The van der Waals surface area contributed by atoms with Crippen LogP contribution in [0.4, 0.5) is 13.2 Å². The van der Waals surface area contributed by atoms with E-state index in [-0.39, 0.29) is 24.4 Å². The van der Waals surface area contributed by atoms with Crippen molar-refractivity contribution in [3.63, 3.8) is 0 Å². The lowest BCUT2D eigenvalue weighted by Crippen LogP contribution is -2.14. The minimum Gasteiger partial charge on any atom is -0.478 e. The van der Waals surface area contributed by atoms with Gasteiger partial charge in [0.2, 0.25) is 0 Å². The highest BCUT2D eigenvalue weighted by molar-refractivity contribution is 5.98. The Hall–Kier alpha value is -3.31. The van der Waals surface area contributed by atoms with Crippen molar-refractivity contribution in [2.45, 2.75) is 26.4 Å². The molecule has 3 N–H and O–H groups in total. The second-order valence-corrected chi connectivity index (χ2v) is 5.58. The summed E-state index contributed by atoms with van der Waals surface area (Å²) in [7, 11) is 0. The maximum atomic E-state index is 12.8. The Morgan fingerprint density at radius 2 is 1.79 bits per heavy atom. The number of halogens is 3. The molecule has 0 heterocycles. The Labute approximate surface area is 168 Å². The Bertz CT molecular complexity index is 884. The standard InChI is InChI=1S/C20H17F3N2O2.C2H6/c21-20(22,23)17-7-2-1-5-14(13-17)6-3-4-12-25-18(24)15-8-10-16(11-9-15)19(26)27;1-2/h1-4,7-11,13H,6,12H2,(H2,24,25)(H,26,27);1-2H3/b4-3-;. The quantitative estimate of drug-likeness (QED) is 0.296. The van der Waals surface area contributed by atoms with E-state index in [2.05, 4.69) is 10.7 Å². The largest absolute Gasteiger partial charge is 0.478 e. The van der Waals surface area contributed by atoms with Gasteiger partial charge in [-0.1, -0.05) is 44.2 Å². The normalized spacial score (nSPS) is 14.0.